The number of halogens is 1. The molecule has 0 fully saturated rings. The maximum Gasteiger partial charge on any atom is 0.335 e. The average molecular weight is 483 g/mol. The van der Waals surface area contributed by atoms with Crippen LogP contribution in [0.3, 0.4) is 0 Å². The molecule has 3 aromatic rings. The molecule has 0 aliphatic rings. The molecule has 3 rings (SSSR count). The van der Waals surface area contributed by atoms with Crippen LogP contribution in [0, 0.1) is 0 Å². The van der Waals surface area contributed by atoms with Gasteiger partial charge >= 0.3 is 11.9 Å². The first kappa shape index (κ1) is 21.7. The second kappa shape index (κ2) is 9.23. The van der Waals surface area contributed by atoms with Crippen molar-refractivity contribution in [2.45, 2.75) is 0 Å². The molecule has 0 aliphatic heterocycles. The molecular weight excluding hydrogens is 468 g/mol. The fraction of sp³-hybridized carbons (Fsp3) is 0. The minimum Gasteiger partial charge on any atom is -0.478 e. The van der Waals surface area contributed by atoms with Crippen LogP contribution in [-0.4, -0.2) is 34.0 Å². The monoisotopic (exact) mass is 482 g/mol. The highest BCUT2D eigenvalue weighted by Crippen LogP contribution is 2.19. The van der Waals surface area contributed by atoms with Gasteiger partial charge in [0.25, 0.3) is 11.8 Å². The van der Waals surface area contributed by atoms with Gasteiger partial charge in [-0.05, 0) is 60.7 Å². The Morgan fingerprint density at radius 2 is 1.13 bits per heavy atom. The summed E-state index contributed by atoms with van der Waals surface area (Å²) < 4.78 is 0.834. The number of carboxylic acid groups (broad SMARTS) is 2. The number of rotatable bonds is 6. The third kappa shape index (κ3) is 5.55. The molecule has 4 N–H and O–H groups in total. The molecule has 0 aliphatic carbocycles. The van der Waals surface area contributed by atoms with Gasteiger partial charge in [0, 0.05) is 27.0 Å². The van der Waals surface area contributed by atoms with E-state index in [-0.39, 0.29) is 28.3 Å². The number of amides is 2. The Kier molecular flexibility index (Phi) is 6.46. The summed E-state index contributed by atoms with van der Waals surface area (Å²) in [5.41, 5.74) is 0.477. The van der Waals surface area contributed by atoms with Crippen LogP contribution in [0.2, 0.25) is 0 Å². The number of hydrogen-bond donors (Lipinski definition) is 4. The normalized spacial score (nSPS) is 10.2. The van der Waals surface area contributed by atoms with E-state index in [1.807, 2.05) is 0 Å². The first-order valence-corrected chi connectivity index (χ1v) is 9.62. The van der Waals surface area contributed by atoms with Gasteiger partial charge in [0.05, 0.1) is 11.1 Å². The average Bonchev–Trinajstić information content (AvgIpc) is 2.74. The van der Waals surface area contributed by atoms with Gasteiger partial charge in [-0.25, -0.2) is 9.59 Å². The number of anilines is 2. The molecule has 8 nitrogen and oxygen atoms in total. The molecule has 0 spiro atoms. The molecule has 0 saturated carbocycles. The number of carboxylic acids is 2. The van der Waals surface area contributed by atoms with Gasteiger partial charge in [-0.1, -0.05) is 22.0 Å². The molecule has 0 heterocycles. The number of carbonyl (C=O) groups is 4. The van der Waals surface area contributed by atoms with E-state index in [2.05, 4.69) is 26.6 Å². The molecule has 0 bridgehead atoms. The molecule has 0 atom stereocenters. The van der Waals surface area contributed by atoms with Crippen LogP contribution in [-0.2, 0) is 0 Å². The van der Waals surface area contributed by atoms with Gasteiger partial charge in [-0.2, -0.15) is 0 Å². The highest BCUT2D eigenvalue weighted by molar-refractivity contribution is 9.10. The van der Waals surface area contributed by atoms with Crippen molar-refractivity contribution in [3.8, 4) is 0 Å². The Morgan fingerprint density at radius 3 is 1.71 bits per heavy atom. The molecular formula is C22H15BrN2O6. The fourth-order valence-corrected chi connectivity index (χ4v) is 2.96. The summed E-state index contributed by atoms with van der Waals surface area (Å²) >= 11 is 3.30. The Hall–Kier alpha value is -3.98. The fourth-order valence-electron chi connectivity index (χ4n) is 2.69. The third-order valence-electron chi connectivity index (χ3n) is 4.17. The summed E-state index contributed by atoms with van der Waals surface area (Å²) in [6.07, 6.45) is 0. The molecule has 0 unspecified atom stereocenters. The number of aromatic carboxylic acids is 2. The zero-order valence-electron chi connectivity index (χ0n) is 15.8. The Balaban J connectivity index is 1.79. The summed E-state index contributed by atoms with van der Waals surface area (Å²) in [6.45, 7) is 0. The van der Waals surface area contributed by atoms with E-state index in [0.717, 1.165) is 22.7 Å². The van der Waals surface area contributed by atoms with Gasteiger partial charge in [0.1, 0.15) is 0 Å². The molecule has 31 heavy (non-hydrogen) atoms. The molecule has 0 saturated heterocycles. The molecule has 9 heteroatoms. The molecule has 0 aromatic heterocycles. The summed E-state index contributed by atoms with van der Waals surface area (Å²) in [6, 6.07) is 16.2. The van der Waals surface area contributed by atoms with Crippen molar-refractivity contribution < 1.29 is 29.4 Å². The van der Waals surface area contributed by atoms with Gasteiger partial charge in [-0.15, -0.1) is 0 Å². The quantitative estimate of drug-likeness (QED) is 0.412. The number of hydrogen-bond acceptors (Lipinski definition) is 4. The highest BCUT2D eigenvalue weighted by Gasteiger charge is 2.14. The van der Waals surface area contributed by atoms with Gasteiger partial charge in [0.15, 0.2) is 0 Å². The minimum absolute atomic E-state index is 0.0200. The van der Waals surface area contributed by atoms with E-state index in [1.54, 1.807) is 36.4 Å². The lowest BCUT2D eigenvalue weighted by molar-refractivity contribution is 0.0696. The molecule has 3 aromatic carbocycles. The highest BCUT2D eigenvalue weighted by atomic mass is 79.9. The smallest absolute Gasteiger partial charge is 0.335 e. The van der Waals surface area contributed by atoms with E-state index in [0.29, 0.717) is 11.3 Å². The number of benzene rings is 3. The Bertz CT molecular complexity index is 1160. The lowest BCUT2D eigenvalue weighted by Crippen LogP contribution is -2.15. The predicted molar refractivity (Wildman–Crippen MR) is 117 cm³/mol. The van der Waals surface area contributed by atoms with E-state index < -0.39 is 17.8 Å². The van der Waals surface area contributed by atoms with Crippen LogP contribution in [0.5, 0.6) is 0 Å². The Labute approximate surface area is 184 Å². The van der Waals surface area contributed by atoms with Crippen LogP contribution >= 0.6 is 15.9 Å². The van der Waals surface area contributed by atoms with Crippen LogP contribution in [0.15, 0.2) is 71.2 Å². The Morgan fingerprint density at radius 1 is 0.613 bits per heavy atom. The van der Waals surface area contributed by atoms with E-state index in [9.17, 15) is 19.2 Å². The second-order valence-electron chi connectivity index (χ2n) is 6.41. The zero-order chi connectivity index (χ0) is 22.5. The van der Waals surface area contributed by atoms with Crippen LogP contribution in [0.25, 0.3) is 0 Å². The molecule has 2 amide bonds. The summed E-state index contributed by atoms with van der Waals surface area (Å²) in [5, 5.41) is 23.5. The predicted octanol–water partition coefficient (Wildman–Crippen LogP) is 4.35. The summed E-state index contributed by atoms with van der Waals surface area (Å²) in [7, 11) is 0. The van der Waals surface area contributed by atoms with Gasteiger partial charge in [-0.3, -0.25) is 9.59 Å². The van der Waals surface area contributed by atoms with Crippen molar-refractivity contribution in [1.29, 1.82) is 0 Å². The van der Waals surface area contributed by atoms with Crippen molar-refractivity contribution in [3.05, 3.63) is 93.5 Å². The van der Waals surface area contributed by atoms with E-state index in [4.69, 9.17) is 10.2 Å². The molecule has 0 radical (unpaired) electrons. The zero-order valence-corrected chi connectivity index (χ0v) is 17.3. The first-order valence-electron chi connectivity index (χ1n) is 8.83. The van der Waals surface area contributed by atoms with Crippen molar-refractivity contribution >= 4 is 51.1 Å². The van der Waals surface area contributed by atoms with E-state index >= 15 is 0 Å². The van der Waals surface area contributed by atoms with Gasteiger partial charge < -0.3 is 20.8 Å². The van der Waals surface area contributed by atoms with Crippen LogP contribution in [0.4, 0.5) is 11.4 Å². The maximum atomic E-state index is 12.6. The number of nitrogens with one attached hydrogen (secondary N) is 2. The lowest BCUT2D eigenvalue weighted by atomic mass is 10.1. The summed E-state index contributed by atoms with van der Waals surface area (Å²) in [4.78, 5) is 47.4. The lowest BCUT2D eigenvalue weighted by Gasteiger charge is -2.10. The number of carbonyl (C=O) groups excluding carboxylic acids is 2. The summed E-state index contributed by atoms with van der Waals surface area (Å²) in [5.74, 6) is -3.60. The van der Waals surface area contributed by atoms with Crippen molar-refractivity contribution in [2.75, 3.05) is 10.6 Å². The first-order chi connectivity index (χ1) is 14.7. The van der Waals surface area contributed by atoms with Crippen molar-refractivity contribution in [3.63, 3.8) is 0 Å². The van der Waals surface area contributed by atoms with Crippen molar-refractivity contribution in [2.24, 2.45) is 0 Å². The SMILES string of the molecule is O=C(O)c1cc(NC(=O)c2cccc(NC(=O)c3ccc(Br)cc3)c2)cc(C(=O)O)c1. The maximum absolute atomic E-state index is 12.6. The van der Waals surface area contributed by atoms with E-state index in [1.165, 1.54) is 12.1 Å². The third-order valence-corrected chi connectivity index (χ3v) is 4.70. The largest absolute Gasteiger partial charge is 0.478 e. The minimum atomic E-state index is -1.32. The second-order valence-corrected chi connectivity index (χ2v) is 7.32. The standard InChI is InChI=1S/C22H15BrN2O6/c23-16-6-4-12(5-7-16)19(26)24-17-3-1-2-13(9-17)20(27)25-18-10-14(21(28)29)8-15(11-18)22(30)31/h1-11H,(H,24,26)(H,25,27)(H,28,29)(H,30,31). The van der Waals surface area contributed by atoms with Crippen LogP contribution in [0.1, 0.15) is 41.4 Å². The molecule has 156 valence electrons. The van der Waals surface area contributed by atoms with Crippen LogP contribution < -0.4 is 10.6 Å². The topological polar surface area (TPSA) is 133 Å². The van der Waals surface area contributed by atoms with Crippen molar-refractivity contribution in [1.82, 2.24) is 0 Å². The van der Waals surface area contributed by atoms with Gasteiger partial charge in [0.2, 0.25) is 0 Å².